The smallest absolute Gasteiger partial charge is 0.156 e. The number of hydrogen-bond acceptors (Lipinski definition) is 4. The van der Waals surface area contributed by atoms with E-state index >= 15 is 0 Å². The standard InChI is InChI=1S/C11H16O4S/c12-6-7-15-8-9-16(13,14)10-11-4-2-1-3-5-11/h1-5,12H,6-10H2. The van der Waals surface area contributed by atoms with Crippen LogP contribution in [0.1, 0.15) is 5.56 Å². The SMILES string of the molecule is O=S(=O)(CCOCCO)Cc1ccccc1. The highest BCUT2D eigenvalue weighted by Crippen LogP contribution is 2.05. The van der Waals surface area contributed by atoms with Crippen LogP contribution in [-0.4, -0.2) is 39.1 Å². The van der Waals surface area contributed by atoms with Gasteiger partial charge in [0.25, 0.3) is 0 Å². The van der Waals surface area contributed by atoms with Crippen LogP contribution in [0, 0.1) is 0 Å². The average molecular weight is 244 g/mol. The third-order valence-corrected chi connectivity index (χ3v) is 3.57. The molecule has 0 aliphatic rings. The first-order valence-electron chi connectivity index (χ1n) is 5.07. The lowest BCUT2D eigenvalue weighted by Crippen LogP contribution is -2.15. The maximum atomic E-state index is 11.6. The zero-order valence-corrected chi connectivity index (χ0v) is 9.82. The molecule has 4 nitrogen and oxygen atoms in total. The summed E-state index contributed by atoms with van der Waals surface area (Å²) in [5, 5.41) is 8.46. The van der Waals surface area contributed by atoms with Crippen LogP contribution < -0.4 is 0 Å². The van der Waals surface area contributed by atoms with Crippen LogP contribution in [0.3, 0.4) is 0 Å². The number of aliphatic hydroxyl groups excluding tert-OH is 1. The highest BCUT2D eigenvalue weighted by Gasteiger charge is 2.11. The monoisotopic (exact) mass is 244 g/mol. The van der Waals surface area contributed by atoms with E-state index in [-0.39, 0.29) is 31.3 Å². The van der Waals surface area contributed by atoms with E-state index in [4.69, 9.17) is 9.84 Å². The van der Waals surface area contributed by atoms with Gasteiger partial charge >= 0.3 is 0 Å². The summed E-state index contributed by atoms with van der Waals surface area (Å²) in [7, 11) is -3.12. The number of aliphatic hydroxyl groups is 1. The first-order valence-corrected chi connectivity index (χ1v) is 6.89. The van der Waals surface area contributed by atoms with E-state index in [0.717, 1.165) is 5.56 Å². The molecule has 0 unspecified atom stereocenters. The maximum Gasteiger partial charge on any atom is 0.156 e. The molecule has 1 aromatic rings. The molecule has 0 aromatic heterocycles. The van der Waals surface area contributed by atoms with Crippen molar-refractivity contribution in [1.29, 1.82) is 0 Å². The summed E-state index contributed by atoms with van der Waals surface area (Å²) in [5.41, 5.74) is 0.782. The number of sulfone groups is 1. The van der Waals surface area contributed by atoms with Gasteiger partial charge in [0.15, 0.2) is 9.84 Å². The molecular weight excluding hydrogens is 228 g/mol. The van der Waals surface area contributed by atoms with E-state index < -0.39 is 9.84 Å². The van der Waals surface area contributed by atoms with Crippen LogP contribution in [0.4, 0.5) is 0 Å². The summed E-state index contributed by atoms with van der Waals surface area (Å²) in [5.74, 6) is 0.0260. The van der Waals surface area contributed by atoms with E-state index in [1.807, 2.05) is 18.2 Å². The quantitative estimate of drug-likeness (QED) is 0.714. The van der Waals surface area contributed by atoms with E-state index in [2.05, 4.69) is 0 Å². The molecule has 0 fully saturated rings. The zero-order valence-electron chi connectivity index (χ0n) is 9.00. The highest BCUT2D eigenvalue weighted by atomic mass is 32.2. The first kappa shape index (κ1) is 13.2. The minimum absolute atomic E-state index is 0.0120. The molecule has 0 saturated carbocycles. The molecule has 0 radical (unpaired) electrons. The van der Waals surface area contributed by atoms with Gasteiger partial charge in [0.2, 0.25) is 0 Å². The van der Waals surface area contributed by atoms with Gasteiger partial charge in [-0.1, -0.05) is 30.3 Å². The summed E-state index contributed by atoms with van der Waals surface area (Å²) in [6.07, 6.45) is 0. The Morgan fingerprint density at radius 1 is 1.12 bits per heavy atom. The highest BCUT2D eigenvalue weighted by molar-refractivity contribution is 7.90. The van der Waals surface area contributed by atoms with Gasteiger partial charge in [0.05, 0.1) is 31.3 Å². The van der Waals surface area contributed by atoms with Crippen LogP contribution in [0.15, 0.2) is 30.3 Å². The Labute approximate surface area is 95.8 Å². The molecule has 1 N–H and O–H groups in total. The third-order valence-electron chi connectivity index (χ3n) is 2.00. The molecule has 1 rings (SSSR count). The predicted molar refractivity (Wildman–Crippen MR) is 61.8 cm³/mol. The summed E-state index contributed by atoms with van der Waals surface area (Å²) in [4.78, 5) is 0. The van der Waals surface area contributed by atoms with Gasteiger partial charge in [-0.15, -0.1) is 0 Å². The maximum absolute atomic E-state index is 11.6. The fourth-order valence-corrected chi connectivity index (χ4v) is 2.47. The van der Waals surface area contributed by atoms with Gasteiger partial charge < -0.3 is 9.84 Å². The van der Waals surface area contributed by atoms with Crippen molar-refractivity contribution >= 4 is 9.84 Å². The normalized spacial score (nSPS) is 11.6. The number of ether oxygens (including phenoxy) is 1. The van der Waals surface area contributed by atoms with Crippen molar-refractivity contribution in [3.8, 4) is 0 Å². The molecule has 0 atom stereocenters. The van der Waals surface area contributed by atoms with Gasteiger partial charge in [-0.2, -0.15) is 0 Å². The Balaban J connectivity index is 2.40. The van der Waals surface area contributed by atoms with E-state index in [1.165, 1.54) is 0 Å². The van der Waals surface area contributed by atoms with Crippen LogP contribution in [-0.2, 0) is 20.3 Å². The summed E-state index contributed by atoms with van der Waals surface area (Å²) >= 11 is 0. The van der Waals surface area contributed by atoms with Crippen molar-refractivity contribution in [1.82, 2.24) is 0 Å². The van der Waals surface area contributed by atoms with Crippen LogP contribution >= 0.6 is 0 Å². The number of benzene rings is 1. The summed E-state index contributed by atoms with van der Waals surface area (Å²) < 4.78 is 28.2. The summed E-state index contributed by atoms with van der Waals surface area (Å²) in [6.45, 7) is 0.231. The molecule has 16 heavy (non-hydrogen) atoms. The van der Waals surface area contributed by atoms with Crippen molar-refractivity contribution in [3.63, 3.8) is 0 Å². The molecule has 1 aromatic carbocycles. The fraction of sp³-hybridized carbons (Fsp3) is 0.455. The van der Waals surface area contributed by atoms with Gasteiger partial charge in [-0.25, -0.2) is 8.42 Å². The van der Waals surface area contributed by atoms with Crippen molar-refractivity contribution in [3.05, 3.63) is 35.9 Å². The van der Waals surface area contributed by atoms with Gasteiger partial charge in [-0.3, -0.25) is 0 Å². The molecule has 5 heteroatoms. The van der Waals surface area contributed by atoms with Crippen molar-refractivity contribution < 1.29 is 18.3 Å². The van der Waals surface area contributed by atoms with Gasteiger partial charge in [-0.05, 0) is 5.56 Å². The second kappa shape index (κ2) is 6.62. The molecular formula is C11H16O4S. The lowest BCUT2D eigenvalue weighted by Gasteiger charge is -2.04. The Bertz CT molecular complexity index is 386. The summed E-state index contributed by atoms with van der Waals surface area (Å²) in [6, 6.07) is 9.04. The molecule has 0 heterocycles. The van der Waals surface area contributed by atoms with Crippen LogP contribution in [0.5, 0.6) is 0 Å². The van der Waals surface area contributed by atoms with Crippen molar-refractivity contribution in [2.24, 2.45) is 0 Å². The minimum Gasteiger partial charge on any atom is -0.394 e. The van der Waals surface area contributed by atoms with Gasteiger partial charge in [0.1, 0.15) is 0 Å². The Kier molecular flexibility index (Phi) is 5.45. The van der Waals surface area contributed by atoms with E-state index in [0.29, 0.717) is 0 Å². The van der Waals surface area contributed by atoms with E-state index in [1.54, 1.807) is 12.1 Å². The topological polar surface area (TPSA) is 63.6 Å². The average Bonchev–Trinajstić information content (AvgIpc) is 2.25. The molecule has 0 bridgehead atoms. The molecule has 90 valence electrons. The largest absolute Gasteiger partial charge is 0.394 e. The Hall–Kier alpha value is -0.910. The Morgan fingerprint density at radius 3 is 2.44 bits per heavy atom. The molecule has 0 saturated heterocycles. The van der Waals surface area contributed by atoms with Crippen LogP contribution in [0.25, 0.3) is 0 Å². The lowest BCUT2D eigenvalue weighted by molar-refractivity contribution is 0.103. The molecule has 0 amide bonds. The van der Waals surface area contributed by atoms with Gasteiger partial charge in [0, 0.05) is 0 Å². The van der Waals surface area contributed by atoms with Crippen molar-refractivity contribution in [2.45, 2.75) is 5.75 Å². The number of rotatable bonds is 7. The third kappa shape index (κ3) is 5.25. The second-order valence-corrected chi connectivity index (χ2v) is 5.60. The molecule has 0 aliphatic carbocycles. The molecule has 0 aliphatic heterocycles. The predicted octanol–water partition coefficient (Wildman–Crippen LogP) is 0.610. The van der Waals surface area contributed by atoms with Crippen LogP contribution in [0.2, 0.25) is 0 Å². The van der Waals surface area contributed by atoms with Crippen molar-refractivity contribution in [2.75, 3.05) is 25.6 Å². The lowest BCUT2D eigenvalue weighted by atomic mass is 10.2. The molecule has 0 spiro atoms. The fourth-order valence-electron chi connectivity index (χ4n) is 1.25. The second-order valence-electron chi connectivity index (χ2n) is 3.41. The Morgan fingerprint density at radius 2 is 1.81 bits per heavy atom. The first-order chi connectivity index (χ1) is 7.64. The number of hydrogen-bond donors (Lipinski definition) is 1. The minimum atomic E-state index is -3.12. The van der Waals surface area contributed by atoms with E-state index in [9.17, 15) is 8.42 Å². The zero-order chi connectivity index (χ0) is 11.9.